The van der Waals surface area contributed by atoms with Gasteiger partial charge in [-0.15, -0.1) is 26.4 Å². The number of pyridine rings is 1. The van der Waals surface area contributed by atoms with Gasteiger partial charge in [-0.05, 0) is 6.07 Å². The van der Waals surface area contributed by atoms with E-state index in [1.54, 1.807) is 18.2 Å². The molecule has 0 saturated heterocycles. The highest BCUT2D eigenvalue weighted by Crippen LogP contribution is 2.30. The molecule has 24 heteroatoms. The first kappa shape index (κ1) is 44.6. The predicted molar refractivity (Wildman–Crippen MR) is 165 cm³/mol. The smallest absolute Gasteiger partial charge is 0.368 e. The van der Waals surface area contributed by atoms with Crippen LogP contribution in [0.15, 0.2) is 48.5 Å². The van der Waals surface area contributed by atoms with Crippen LogP contribution in [-0.2, 0) is 6.54 Å². The number of benzene rings is 5. The second-order valence-corrected chi connectivity index (χ2v) is 12.1. The second-order valence-electron chi connectivity index (χ2n) is 12.1. The summed E-state index contributed by atoms with van der Waals surface area (Å²) in [6.07, 6.45) is -7.22. The van der Waals surface area contributed by atoms with E-state index in [0.29, 0.717) is 6.54 Å². The van der Waals surface area contributed by atoms with Crippen molar-refractivity contribution in [1.82, 2.24) is 0 Å². The molecule has 5 aromatic carbocycles. The van der Waals surface area contributed by atoms with Gasteiger partial charge in [-0.1, -0.05) is 30.3 Å². The maximum Gasteiger partial charge on any atom is 0.368 e. The number of rotatable bonds is 6. The van der Waals surface area contributed by atoms with E-state index in [-0.39, 0.29) is 11.8 Å². The highest BCUT2D eigenvalue weighted by Gasteiger charge is 2.52. The van der Waals surface area contributed by atoms with E-state index in [1.165, 1.54) is 4.57 Å². The molecule has 0 aliphatic rings. The molecule has 0 spiro atoms. The van der Waals surface area contributed by atoms with E-state index in [1.807, 2.05) is 30.3 Å². The first-order valence-electron chi connectivity index (χ1n) is 15.7. The van der Waals surface area contributed by atoms with Crippen molar-refractivity contribution in [2.45, 2.75) is 6.54 Å². The van der Waals surface area contributed by atoms with Crippen LogP contribution >= 0.6 is 0 Å². The number of nitrogens with zero attached hydrogens (tertiary/aromatic N) is 1. The van der Waals surface area contributed by atoms with E-state index < -0.39 is 144 Å². The Morgan fingerprint density at radius 1 is 0.300 bits per heavy atom. The van der Waals surface area contributed by atoms with Crippen LogP contribution in [0.3, 0.4) is 0 Å². The Hall–Kier alpha value is -6.49. The van der Waals surface area contributed by atoms with Gasteiger partial charge in [0.15, 0.2) is 76.4 Å². The van der Waals surface area contributed by atoms with Crippen molar-refractivity contribution >= 4 is 28.0 Å². The summed E-state index contributed by atoms with van der Waals surface area (Å²) in [6.45, 7) is 0.458. The molecule has 60 heavy (non-hydrogen) atoms. The number of aromatic hydroxyl groups is 2. The molecular weight excluding hydrogens is 869 g/mol. The Balaban J connectivity index is 0.000000379. The molecule has 0 bridgehead atoms. The maximum atomic E-state index is 15.4. The molecule has 1 aromatic heterocycles. The van der Waals surface area contributed by atoms with Gasteiger partial charge in [-0.25, -0.2) is 87.8 Å². The predicted octanol–water partition coefficient (Wildman–Crippen LogP) is 7.28. The molecule has 0 atom stereocenters. The van der Waals surface area contributed by atoms with E-state index in [2.05, 4.69) is 0 Å². The average molecular weight is 881 g/mol. The summed E-state index contributed by atoms with van der Waals surface area (Å²) < 4.78 is 295. The minimum atomic E-state index is -7.22. The van der Waals surface area contributed by atoms with Crippen LogP contribution in [-0.4, -0.2) is 16.4 Å². The molecule has 0 unspecified atom stereocenters. The summed E-state index contributed by atoms with van der Waals surface area (Å²) in [6, 6.07) is 14.4. The van der Waals surface area contributed by atoms with Gasteiger partial charge < -0.3 is 10.2 Å². The summed E-state index contributed by atoms with van der Waals surface area (Å²) in [7, 11) is 0. The maximum absolute atomic E-state index is 15.4. The molecule has 316 valence electrons. The molecule has 0 fully saturated rings. The van der Waals surface area contributed by atoms with Gasteiger partial charge in [0, 0.05) is 5.56 Å². The lowest BCUT2D eigenvalue weighted by atomic mass is 9.12. The first-order chi connectivity index (χ1) is 28.0. The third kappa shape index (κ3) is 6.75. The van der Waals surface area contributed by atoms with Gasteiger partial charge in [0.25, 0.3) is 0 Å². The van der Waals surface area contributed by atoms with Crippen molar-refractivity contribution in [3.05, 3.63) is 170 Å². The summed E-state index contributed by atoms with van der Waals surface area (Å²) >= 11 is 0. The lowest BCUT2D eigenvalue weighted by Gasteiger charge is -2.44. The largest absolute Gasteiger partial charge is 0.460 e. The van der Waals surface area contributed by atoms with Crippen molar-refractivity contribution in [3.8, 4) is 11.8 Å². The highest BCUT2D eigenvalue weighted by atomic mass is 19.2. The Kier molecular flexibility index (Phi) is 12.1. The van der Waals surface area contributed by atoms with E-state index >= 15 is 35.1 Å². The number of hydrogen-bond acceptors (Lipinski definition) is 2. The van der Waals surface area contributed by atoms with Crippen molar-refractivity contribution in [3.63, 3.8) is 0 Å². The molecular formula is C36H12BF20NO2. The van der Waals surface area contributed by atoms with Crippen molar-refractivity contribution in [1.29, 1.82) is 0 Å². The zero-order valence-electron chi connectivity index (χ0n) is 28.3. The molecule has 0 amide bonds. The zero-order valence-corrected chi connectivity index (χ0v) is 28.3. The van der Waals surface area contributed by atoms with Crippen LogP contribution in [0, 0.1) is 116 Å². The Labute approximate surface area is 319 Å². The van der Waals surface area contributed by atoms with E-state index in [4.69, 9.17) is 0 Å². The normalized spacial score (nSPS) is 11.5. The zero-order chi connectivity index (χ0) is 45.0. The molecule has 2 N–H and O–H groups in total. The van der Waals surface area contributed by atoms with Gasteiger partial charge in [0.2, 0.25) is 0 Å². The Morgan fingerprint density at radius 3 is 0.750 bits per heavy atom. The minimum Gasteiger partial charge on any atom is -0.460 e. The van der Waals surface area contributed by atoms with Crippen LogP contribution in [0.2, 0.25) is 0 Å². The second kappa shape index (κ2) is 16.3. The average Bonchev–Trinajstić information content (AvgIpc) is 3.22. The van der Waals surface area contributed by atoms with Crippen LogP contribution < -0.4 is 26.4 Å². The number of hydrogen-bond donors (Lipinski definition) is 2. The molecule has 0 aliphatic carbocycles. The third-order valence-corrected chi connectivity index (χ3v) is 8.93. The fraction of sp³-hybridized carbons (Fsp3) is 0.0278. The van der Waals surface area contributed by atoms with Crippen LogP contribution in [0.1, 0.15) is 5.56 Å². The standard InChI is InChI=1S/C24BF20.C12H11NO2/c26-5-1(6(27)14(35)21(42)13(5)34)25(2-7(28)15(36)22(43)16(37)8(2)29,3-9(30)17(38)23(44)18(39)10(3)31)4-11(32)19(40)24(45)20(41)12(4)33;14-11-7-4-8-12(15)13(11)9-10-5-2-1-3-6-10/h;1-8H,9H2,(H,14,15)/q-1;/p+1. The van der Waals surface area contributed by atoms with Crippen molar-refractivity contribution < 1.29 is 103 Å². The van der Waals surface area contributed by atoms with Gasteiger partial charge >= 0.3 is 11.8 Å². The Morgan fingerprint density at radius 2 is 0.517 bits per heavy atom. The van der Waals surface area contributed by atoms with Crippen LogP contribution in [0.25, 0.3) is 0 Å². The quantitative estimate of drug-likeness (QED) is 0.0608. The van der Waals surface area contributed by atoms with Crippen LogP contribution in [0.4, 0.5) is 87.8 Å². The summed E-state index contributed by atoms with van der Waals surface area (Å²) in [4.78, 5) is 0. The SMILES string of the molecule is Fc1c(F)c(F)c([B-](c2c(F)c(F)c(F)c(F)c2F)(c2c(F)c(F)c(F)c(F)c2F)c2c(F)c(F)c(F)c(F)c2F)c(F)c1F.Oc1cccc(O)[n+]1Cc1ccccc1. The number of halogens is 20. The fourth-order valence-electron chi connectivity index (χ4n) is 6.32. The lowest BCUT2D eigenvalue weighted by Crippen LogP contribution is -2.81. The van der Waals surface area contributed by atoms with E-state index in [9.17, 15) is 62.9 Å². The van der Waals surface area contributed by atoms with Gasteiger partial charge in [0.05, 0.1) is 12.1 Å². The topological polar surface area (TPSA) is 44.3 Å². The minimum absolute atomic E-state index is 0.0545. The Bertz CT molecular complexity index is 2310. The molecule has 3 nitrogen and oxygen atoms in total. The molecule has 0 saturated carbocycles. The monoisotopic (exact) mass is 881 g/mol. The molecule has 6 rings (SSSR count). The fourth-order valence-corrected chi connectivity index (χ4v) is 6.32. The van der Waals surface area contributed by atoms with Gasteiger partial charge in [-0.2, -0.15) is 0 Å². The lowest BCUT2D eigenvalue weighted by molar-refractivity contribution is -0.699. The van der Waals surface area contributed by atoms with Crippen molar-refractivity contribution in [2.24, 2.45) is 0 Å². The molecule has 1 heterocycles. The van der Waals surface area contributed by atoms with Crippen LogP contribution in [0.5, 0.6) is 11.8 Å². The van der Waals surface area contributed by atoms with Gasteiger partial charge in [0.1, 0.15) is 52.7 Å². The highest BCUT2D eigenvalue weighted by molar-refractivity contribution is 7.20. The summed E-state index contributed by atoms with van der Waals surface area (Å²) in [5.41, 5.74) is -13.3. The van der Waals surface area contributed by atoms with E-state index in [0.717, 1.165) is 5.56 Å². The molecule has 0 aliphatic heterocycles. The summed E-state index contributed by atoms with van der Waals surface area (Å²) in [5.74, 6) is -71.3. The first-order valence-corrected chi connectivity index (χ1v) is 15.7. The molecule has 0 radical (unpaired) electrons. The van der Waals surface area contributed by atoms with Gasteiger partial charge in [-0.3, -0.25) is 0 Å². The molecule has 6 aromatic rings. The third-order valence-electron chi connectivity index (χ3n) is 8.93. The number of aromatic nitrogens is 1. The summed E-state index contributed by atoms with van der Waals surface area (Å²) in [5, 5.41) is 19.1. The van der Waals surface area contributed by atoms with Crippen molar-refractivity contribution in [2.75, 3.05) is 0 Å².